The molecule has 0 aromatic rings. The van der Waals surface area contributed by atoms with E-state index >= 15 is 0 Å². The van der Waals surface area contributed by atoms with Gasteiger partial charge in [-0.25, -0.2) is 9.59 Å². The number of esters is 2. The van der Waals surface area contributed by atoms with Gasteiger partial charge in [0.25, 0.3) is 0 Å². The van der Waals surface area contributed by atoms with Crippen molar-refractivity contribution < 1.29 is 43.2 Å². The lowest BCUT2D eigenvalue weighted by Gasteiger charge is -2.67. The zero-order chi connectivity index (χ0) is 32.3. The summed E-state index contributed by atoms with van der Waals surface area (Å²) in [6, 6.07) is -1.04. The van der Waals surface area contributed by atoms with E-state index in [0.29, 0.717) is 18.4 Å². The number of methoxy groups -OCH3 is 1. The van der Waals surface area contributed by atoms with Crippen molar-refractivity contribution in [1.29, 1.82) is 0 Å². The summed E-state index contributed by atoms with van der Waals surface area (Å²) in [5.41, 5.74) is -2.82. The van der Waals surface area contributed by atoms with Gasteiger partial charge in [-0.2, -0.15) is 0 Å². The number of ether oxygens (including phenoxy) is 4. The second-order valence-corrected chi connectivity index (χ2v) is 15.3. The van der Waals surface area contributed by atoms with Gasteiger partial charge in [0.05, 0.1) is 18.8 Å². The Morgan fingerprint density at radius 1 is 1.14 bits per heavy atom. The molecule has 43 heavy (non-hydrogen) atoms. The molecular weight excluding hydrogens is 554 g/mol. The lowest BCUT2D eigenvalue weighted by atomic mass is 9.39. The van der Waals surface area contributed by atoms with Crippen LogP contribution in [0.1, 0.15) is 87.5 Å². The highest BCUT2D eigenvalue weighted by molar-refractivity contribution is 6.05. The fraction of sp³-hybridized carbons (Fsp3) is 0.818. The van der Waals surface area contributed by atoms with Crippen LogP contribution in [0.2, 0.25) is 0 Å². The van der Waals surface area contributed by atoms with Crippen molar-refractivity contribution in [3.05, 3.63) is 12.2 Å². The number of Topliss-reactive ketones (excluding diaryl/α,β-unsaturated/α-hetero) is 1. The van der Waals surface area contributed by atoms with Gasteiger partial charge in [0, 0.05) is 31.3 Å². The van der Waals surface area contributed by atoms with E-state index in [1.807, 2.05) is 0 Å². The maximum atomic E-state index is 14.5. The highest BCUT2D eigenvalue weighted by Gasteiger charge is 2.78. The summed E-state index contributed by atoms with van der Waals surface area (Å²) in [5, 5.41) is 14.6. The van der Waals surface area contributed by atoms with Crippen LogP contribution >= 0.6 is 0 Å². The summed E-state index contributed by atoms with van der Waals surface area (Å²) >= 11 is 0. The molecule has 0 saturated heterocycles. The standard InChI is InChI=1S/C33H51NO9/c1-17(2)24(34-29(39)43-30(5,6)7)28(38)42-27-20-14-21(36)25-32(16-41-19(4)35)13-11-12-31(8,9)22(32)15-23(40-10)33(25,27)26(37)18(20)3/h17,20-25,27,36H,3,11-16H2,1-2,4-10H3,(H,34,39)/t20-,21-,22+,23+,24-,25-,27+,32-,33+/m0/s1. The molecule has 9 atom stereocenters. The number of ketones is 1. The fourth-order valence-electron chi connectivity index (χ4n) is 9.21. The van der Waals surface area contributed by atoms with Crippen molar-refractivity contribution in [2.24, 2.45) is 39.9 Å². The Labute approximate surface area is 255 Å². The highest BCUT2D eigenvalue weighted by Crippen LogP contribution is 2.72. The quantitative estimate of drug-likeness (QED) is 0.246. The minimum absolute atomic E-state index is 0.0323. The second kappa shape index (κ2) is 11.5. The molecule has 0 aromatic carbocycles. The Balaban J connectivity index is 1.81. The monoisotopic (exact) mass is 605 g/mol. The van der Waals surface area contributed by atoms with E-state index in [1.54, 1.807) is 41.7 Å². The van der Waals surface area contributed by atoms with Crippen molar-refractivity contribution in [1.82, 2.24) is 5.32 Å². The van der Waals surface area contributed by atoms with E-state index in [4.69, 9.17) is 18.9 Å². The molecule has 1 spiro atoms. The molecule has 0 radical (unpaired) electrons. The van der Waals surface area contributed by atoms with Gasteiger partial charge >= 0.3 is 18.0 Å². The molecule has 2 bridgehead atoms. The van der Waals surface area contributed by atoms with Crippen molar-refractivity contribution in [2.45, 2.75) is 117 Å². The van der Waals surface area contributed by atoms with E-state index in [9.17, 15) is 24.3 Å². The molecule has 4 rings (SSSR count). The number of carbonyl (C=O) groups excluding carboxylic acids is 4. The number of carbonyl (C=O) groups is 4. The largest absolute Gasteiger partial charge is 0.465 e. The molecule has 4 aliphatic carbocycles. The summed E-state index contributed by atoms with van der Waals surface area (Å²) in [6.07, 6.45) is -0.267. The molecule has 0 unspecified atom stereocenters. The number of hydrogen-bond donors (Lipinski definition) is 2. The molecule has 242 valence electrons. The van der Waals surface area contributed by atoms with E-state index in [-0.39, 0.29) is 36.1 Å². The van der Waals surface area contributed by atoms with Crippen molar-refractivity contribution in [3.8, 4) is 0 Å². The summed E-state index contributed by atoms with van der Waals surface area (Å²) in [4.78, 5) is 53.3. The summed E-state index contributed by atoms with van der Waals surface area (Å²) in [6.45, 7) is 18.7. The van der Waals surface area contributed by atoms with E-state index in [1.165, 1.54) is 6.92 Å². The van der Waals surface area contributed by atoms with Gasteiger partial charge < -0.3 is 29.4 Å². The van der Waals surface area contributed by atoms with Crippen LogP contribution in [0.25, 0.3) is 0 Å². The Bertz CT molecular complexity index is 1160. The van der Waals surface area contributed by atoms with Crippen LogP contribution < -0.4 is 5.32 Å². The predicted octanol–water partition coefficient (Wildman–Crippen LogP) is 4.36. The van der Waals surface area contributed by atoms with Gasteiger partial charge in [0.2, 0.25) is 0 Å². The van der Waals surface area contributed by atoms with Crippen LogP contribution in [-0.4, -0.2) is 72.6 Å². The number of alkyl carbamates (subject to hydrolysis) is 1. The Morgan fingerprint density at radius 3 is 2.35 bits per heavy atom. The number of aliphatic hydroxyl groups is 1. The molecule has 4 fully saturated rings. The summed E-state index contributed by atoms with van der Waals surface area (Å²) in [7, 11) is 1.55. The van der Waals surface area contributed by atoms with Gasteiger partial charge in [-0.05, 0) is 69.3 Å². The molecule has 10 heteroatoms. The van der Waals surface area contributed by atoms with Gasteiger partial charge in [0.1, 0.15) is 23.2 Å². The first-order valence-corrected chi connectivity index (χ1v) is 15.6. The van der Waals surface area contributed by atoms with Gasteiger partial charge in [-0.3, -0.25) is 9.59 Å². The average molecular weight is 606 g/mol. The van der Waals surface area contributed by atoms with Crippen molar-refractivity contribution in [3.63, 3.8) is 0 Å². The molecule has 4 saturated carbocycles. The third-order valence-electron chi connectivity index (χ3n) is 10.7. The maximum absolute atomic E-state index is 14.5. The van der Waals surface area contributed by atoms with E-state index < -0.39 is 70.7 Å². The van der Waals surface area contributed by atoms with Crippen LogP contribution in [0.5, 0.6) is 0 Å². The fourth-order valence-corrected chi connectivity index (χ4v) is 9.21. The minimum atomic E-state index is -1.43. The highest BCUT2D eigenvalue weighted by atomic mass is 16.6. The molecule has 4 aliphatic rings. The second-order valence-electron chi connectivity index (χ2n) is 15.3. The molecule has 2 N–H and O–H groups in total. The number of aliphatic hydroxyl groups excluding tert-OH is 1. The third-order valence-corrected chi connectivity index (χ3v) is 10.7. The lowest BCUT2D eigenvalue weighted by molar-refractivity contribution is -0.272. The van der Waals surface area contributed by atoms with Crippen LogP contribution in [0.4, 0.5) is 4.79 Å². The van der Waals surface area contributed by atoms with Gasteiger partial charge in [0.15, 0.2) is 5.78 Å². The van der Waals surface area contributed by atoms with Crippen LogP contribution in [-0.2, 0) is 33.3 Å². The Kier molecular flexibility index (Phi) is 8.92. The maximum Gasteiger partial charge on any atom is 0.408 e. The first-order chi connectivity index (χ1) is 19.8. The Hall–Kier alpha value is -2.46. The molecule has 1 amide bonds. The SMILES string of the molecule is C=C1C(=O)[C@]23[C@H](OC(=O)[C@@H](NC(=O)OC(C)(C)C)C(C)C)[C@H]1C[C@H](O)[C@H]2[C@]1(COC(C)=O)CCCC(C)(C)[C@H]1C[C@H]3OC. The first-order valence-electron chi connectivity index (χ1n) is 15.6. The molecule has 10 nitrogen and oxygen atoms in total. The smallest absolute Gasteiger partial charge is 0.408 e. The Morgan fingerprint density at radius 2 is 1.79 bits per heavy atom. The summed E-state index contributed by atoms with van der Waals surface area (Å²) < 4.78 is 23.6. The van der Waals surface area contributed by atoms with Crippen LogP contribution in [0, 0.1) is 39.9 Å². The lowest BCUT2D eigenvalue weighted by Crippen LogP contribution is -2.72. The number of fused-ring (bicyclic) bond motifs is 3. The minimum Gasteiger partial charge on any atom is -0.465 e. The van der Waals surface area contributed by atoms with Crippen molar-refractivity contribution >= 4 is 23.8 Å². The number of rotatable bonds is 7. The van der Waals surface area contributed by atoms with Crippen LogP contribution in [0.15, 0.2) is 12.2 Å². The van der Waals surface area contributed by atoms with E-state index in [0.717, 1.165) is 12.8 Å². The van der Waals surface area contributed by atoms with Crippen LogP contribution in [0.3, 0.4) is 0 Å². The molecule has 0 heterocycles. The van der Waals surface area contributed by atoms with Gasteiger partial charge in [-0.1, -0.05) is 40.7 Å². The normalized spacial score (nSPS) is 37.2. The number of amides is 1. The van der Waals surface area contributed by atoms with E-state index in [2.05, 4.69) is 25.7 Å². The number of hydrogen-bond acceptors (Lipinski definition) is 9. The average Bonchev–Trinajstić information content (AvgIpc) is 3.00. The molecule has 0 aromatic heterocycles. The number of nitrogens with one attached hydrogen (secondary N) is 1. The zero-order valence-corrected chi connectivity index (χ0v) is 27.3. The van der Waals surface area contributed by atoms with Gasteiger partial charge in [-0.15, -0.1) is 0 Å². The predicted molar refractivity (Wildman–Crippen MR) is 158 cm³/mol. The molecular formula is C33H51NO9. The first kappa shape index (κ1) is 33.4. The molecule has 0 aliphatic heterocycles. The zero-order valence-electron chi connectivity index (χ0n) is 27.3. The third kappa shape index (κ3) is 5.51. The summed E-state index contributed by atoms with van der Waals surface area (Å²) in [5.74, 6) is -3.09. The van der Waals surface area contributed by atoms with Crippen molar-refractivity contribution in [2.75, 3.05) is 13.7 Å². The topological polar surface area (TPSA) is 137 Å².